The van der Waals surface area contributed by atoms with Crippen LogP contribution in [-0.2, 0) is 0 Å². The van der Waals surface area contributed by atoms with Crippen LogP contribution < -0.4 is 10.9 Å². The average Bonchev–Trinajstić information content (AvgIpc) is 2.28. The molecule has 0 unspecified atom stereocenters. The largest absolute Gasteiger partial charge is 0.312 e. The second-order valence-corrected chi connectivity index (χ2v) is 3.61. The van der Waals surface area contributed by atoms with Crippen LogP contribution in [0, 0.1) is 5.82 Å². The van der Waals surface area contributed by atoms with Crippen molar-refractivity contribution in [3.05, 3.63) is 40.1 Å². The standard InChI is InChI=1S/C11H12FN3O/c1-6(13-2)10-7-4-3-5-8(12)9(7)11(16)15-14-10/h3-6,13H,1-2H3,(H,15,16)/t6-/m1/s1. The summed E-state index contributed by atoms with van der Waals surface area (Å²) in [6, 6.07) is 4.49. The number of nitrogens with one attached hydrogen (secondary N) is 2. The zero-order valence-electron chi connectivity index (χ0n) is 9.04. The van der Waals surface area contributed by atoms with Crippen LogP contribution in [0.15, 0.2) is 23.0 Å². The van der Waals surface area contributed by atoms with E-state index >= 15 is 0 Å². The van der Waals surface area contributed by atoms with E-state index in [0.717, 1.165) is 0 Å². The third kappa shape index (κ3) is 1.59. The van der Waals surface area contributed by atoms with Gasteiger partial charge in [0.2, 0.25) is 0 Å². The molecule has 0 aliphatic rings. The minimum absolute atomic E-state index is 0.0545. The minimum atomic E-state index is -0.522. The van der Waals surface area contributed by atoms with E-state index in [9.17, 15) is 9.18 Å². The monoisotopic (exact) mass is 221 g/mol. The lowest BCUT2D eigenvalue weighted by Crippen LogP contribution is -2.19. The summed E-state index contributed by atoms with van der Waals surface area (Å²) < 4.78 is 13.5. The first-order valence-corrected chi connectivity index (χ1v) is 4.99. The van der Waals surface area contributed by atoms with Crippen molar-refractivity contribution in [2.45, 2.75) is 13.0 Å². The number of H-pyrrole nitrogens is 1. The fraction of sp³-hybridized carbons (Fsp3) is 0.273. The minimum Gasteiger partial charge on any atom is -0.312 e. The van der Waals surface area contributed by atoms with Crippen molar-refractivity contribution in [2.75, 3.05) is 7.05 Å². The molecule has 2 rings (SSSR count). The summed E-state index contributed by atoms with van der Waals surface area (Å²) in [6.45, 7) is 1.89. The fourth-order valence-electron chi connectivity index (χ4n) is 1.66. The van der Waals surface area contributed by atoms with Gasteiger partial charge < -0.3 is 5.32 Å². The third-order valence-corrected chi connectivity index (χ3v) is 2.64. The Morgan fingerprint density at radius 3 is 2.94 bits per heavy atom. The van der Waals surface area contributed by atoms with Crippen molar-refractivity contribution < 1.29 is 4.39 Å². The van der Waals surface area contributed by atoms with Gasteiger partial charge in [-0.05, 0) is 20.0 Å². The highest BCUT2D eigenvalue weighted by Gasteiger charge is 2.13. The molecule has 0 saturated carbocycles. The van der Waals surface area contributed by atoms with E-state index in [0.29, 0.717) is 11.1 Å². The molecule has 0 radical (unpaired) electrons. The Morgan fingerprint density at radius 2 is 2.25 bits per heavy atom. The van der Waals surface area contributed by atoms with Crippen LogP contribution in [-0.4, -0.2) is 17.2 Å². The summed E-state index contributed by atoms with van der Waals surface area (Å²) >= 11 is 0. The van der Waals surface area contributed by atoms with Gasteiger partial charge in [-0.1, -0.05) is 12.1 Å². The number of benzene rings is 1. The Kier molecular flexibility index (Phi) is 2.70. The van der Waals surface area contributed by atoms with Gasteiger partial charge in [0.05, 0.1) is 11.1 Å². The van der Waals surface area contributed by atoms with Gasteiger partial charge in [0.15, 0.2) is 0 Å². The second kappa shape index (κ2) is 4.02. The number of nitrogens with zero attached hydrogens (tertiary/aromatic N) is 1. The lowest BCUT2D eigenvalue weighted by Gasteiger charge is -2.11. The summed E-state index contributed by atoms with van der Waals surface area (Å²) in [5.41, 5.74) is 0.136. The summed E-state index contributed by atoms with van der Waals surface area (Å²) in [6.07, 6.45) is 0. The number of aromatic nitrogens is 2. The molecule has 0 amide bonds. The van der Waals surface area contributed by atoms with Crippen LogP contribution in [0.5, 0.6) is 0 Å². The molecule has 1 aromatic heterocycles. The van der Waals surface area contributed by atoms with Gasteiger partial charge in [-0.2, -0.15) is 5.10 Å². The molecule has 0 aliphatic heterocycles. The zero-order valence-corrected chi connectivity index (χ0v) is 9.04. The molecular formula is C11H12FN3O. The molecule has 84 valence electrons. The molecule has 0 spiro atoms. The van der Waals surface area contributed by atoms with Crippen LogP contribution in [0.3, 0.4) is 0 Å². The first-order valence-electron chi connectivity index (χ1n) is 4.99. The Hall–Kier alpha value is -1.75. The van der Waals surface area contributed by atoms with Gasteiger partial charge in [0.1, 0.15) is 5.82 Å². The van der Waals surface area contributed by atoms with Gasteiger partial charge in [0, 0.05) is 11.4 Å². The van der Waals surface area contributed by atoms with Crippen molar-refractivity contribution in [2.24, 2.45) is 0 Å². The molecule has 1 atom stereocenters. The van der Waals surface area contributed by atoms with Gasteiger partial charge in [-0.3, -0.25) is 4.79 Å². The molecule has 1 aromatic carbocycles. The Balaban J connectivity index is 2.84. The maximum Gasteiger partial charge on any atom is 0.275 e. The number of aromatic amines is 1. The quantitative estimate of drug-likeness (QED) is 0.804. The number of rotatable bonds is 2. The molecule has 2 N–H and O–H groups in total. The van der Waals surface area contributed by atoms with E-state index in [2.05, 4.69) is 15.5 Å². The van der Waals surface area contributed by atoms with Crippen LogP contribution >= 0.6 is 0 Å². The first kappa shape index (κ1) is 10.8. The maximum atomic E-state index is 13.5. The maximum absolute atomic E-state index is 13.5. The van der Waals surface area contributed by atoms with Crippen LogP contribution in [0.1, 0.15) is 18.7 Å². The normalized spacial score (nSPS) is 12.9. The smallest absolute Gasteiger partial charge is 0.275 e. The Bertz CT molecular complexity index is 579. The van der Waals surface area contributed by atoms with Crippen molar-refractivity contribution in [1.82, 2.24) is 15.5 Å². The zero-order chi connectivity index (χ0) is 11.7. The molecule has 1 heterocycles. The molecule has 0 aliphatic carbocycles. The molecule has 4 nitrogen and oxygen atoms in total. The van der Waals surface area contributed by atoms with E-state index in [1.54, 1.807) is 19.2 Å². The van der Waals surface area contributed by atoms with E-state index < -0.39 is 11.4 Å². The molecule has 5 heteroatoms. The molecule has 2 aromatic rings. The molecule has 0 saturated heterocycles. The number of fused-ring (bicyclic) bond motifs is 1. The first-order chi connectivity index (χ1) is 7.65. The van der Waals surface area contributed by atoms with Crippen LogP contribution in [0.2, 0.25) is 0 Å². The lowest BCUT2D eigenvalue weighted by atomic mass is 10.1. The molecule has 16 heavy (non-hydrogen) atoms. The van der Waals surface area contributed by atoms with Gasteiger partial charge in [-0.15, -0.1) is 0 Å². The highest BCUT2D eigenvalue weighted by Crippen LogP contribution is 2.20. The van der Waals surface area contributed by atoms with Crippen molar-refractivity contribution >= 4 is 10.8 Å². The number of hydrogen-bond acceptors (Lipinski definition) is 3. The fourth-order valence-corrected chi connectivity index (χ4v) is 1.66. The van der Waals surface area contributed by atoms with E-state index in [-0.39, 0.29) is 11.4 Å². The van der Waals surface area contributed by atoms with Crippen molar-refractivity contribution in [3.8, 4) is 0 Å². The predicted molar refractivity (Wildman–Crippen MR) is 59.8 cm³/mol. The van der Waals surface area contributed by atoms with Gasteiger partial charge in [-0.25, -0.2) is 9.49 Å². The molecule has 0 bridgehead atoms. The number of halogens is 1. The highest BCUT2D eigenvalue weighted by molar-refractivity contribution is 5.84. The lowest BCUT2D eigenvalue weighted by molar-refractivity contribution is 0.620. The summed E-state index contributed by atoms with van der Waals surface area (Å²) in [5, 5.41) is 9.88. The molecule has 0 fully saturated rings. The predicted octanol–water partition coefficient (Wildman–Crippen LogP) is 1.34. The Morgan fingerprint density at radius 1 is 1.50 bits per heavy atom. The topological polar surface area (TPSA) is 57.8 Å². The van der Waals surface area contributed by atoms with Crippen molar-refractivity contribution in [1.29, 1.82) is 0 Å². The van der Waals surface area contributed by atoms with E-state index in [1.807, 2.05) is 6.92 Å². The van der Waals surface area contributed by atoms with Crippen LogP contribution in [0.4, 0.5) is 4.39 Å². The average molecular weight is 221 g/mol. The van der Waals surface area contributed by atoms with Gasteiger partial charge >= 0.3 is 0 Å². The van der Waals surface area contributed by atoms with Crippen molar-refractivity contribution in [3.63, 3.8) is 0 Å². The third-order valence-electron chi connectivity index (χ3n) is 2.64. The molecular weight excluding hydrogens is 209 g/mol. The Labute approximate surface area is 91.5 Å². The summed E-state index contributed by atoms with van der Waals surface area (Å²) in [5.74, 6) is -0.522. The second-order valence-electron chi connectivity index (χ2n) is 3.61. The SMILES string of the molecule is CN[C@H](C)c1n[nH]c(=O)c2c(F)cccc12. The van der Waals surface area contributed by atoms with Gasteiger partial charge in [0.25, 0.3) is 5.56 Å². The van der Waals surface area contributed by atoms with Crippen LogP contribution in [0.25, 0.3) is 10.8 Å². The van der Waals surface area contributed by atoms with E-state index in [1.165, 1.54) is 6.07 Å². The highest BCUT2D eigenvalue weighted by atomic mass is 19.1. The number of hydrogen-bond donors (Lipinski definition) is 2. The summed E-state index contributed by atoms with van der Waals surface area (Å²) in [7, 11) is 1.78. The summed E-state index contributed by atoms with van der Waals surface area (Å²) in [4.78, 5) is 11.5. The van der Waals surface area contributed by atoms with E-state index in [4.69, 9.17) is 0 Å².